The molecule has 0 radical (unpaired) electrons. The van der Waals surface area contributed by atoms with Crippen molar-refractivity contribution in [2.75, 3.05) is 0 Å². The van der Waals surface area contributed by atoms with Crippen LogP contribution in [-0.4, -0.2) is 30.6 Å². The van der Waals surface area contributed by atoms with Crippen molar-refractivity contribution in [2.24, 2.45) is 7.05 Å². The second-order valence-corrected chi connectivity index (χ2v) is 5.89. The molecule has 0 bridgehead atoms. The van der Waals surface area contributed by atoms with Gasteiger partial charge >= 0.3 is 5.97 Å². The Kier molecular flexibility index (Phi) is 2.79. The summed E-state index contributed by atoms with van der Waals surface area (Å²) in [5.74, 6) is -0.320. The molecule has 22 heavy (non-hydrogen) atoms. The van der Waals surface area contributed by atoms with Crippen LogP contribution in [0.2, 0.25) is 0 Å². The largest absolute Gasteiger partial charge is 0.476 e. The molecule has 112 valence electrons. The maximum absolute atomic E-state index is 10.9. The van der Waals surface area contributed by atoms with Crippen LogP contribution in [-0.2, 0) is 13.6 Å². The number of nitrogens with zero attached hydrogens (tertiary/aromatic N) is 4. The van der Waals surface area contributed by atoms with Crippen molar-refractivity contribution in [3.05, 3.63) is 47.4 Å². The van der Waals surface area contributed by atoms with Crippen molar-refractivity contribution in [1.82, 2.24) is 19.6 Å². The van der Waals surface area contributed by atoms with Crippen LogP contribution in [0.4, 0.5) is 0 Å². The van der Waals surface area contributed by atoms with Crippen LogP contribution in [0, 0.1) is 0 Å². The van der Waals surface area contributed by atoms with Crippen molar-refractivity contribution in [3.8, 4) is 0 Å². The lowest BCUT2D eigenvalue weighted by Gasteiger charge is -2.04. The molecule has 0 saturated heterocycles. The number of aromatic nitrogens is 4. The zero-order valence-corrected chi connectivity index (χ0v) is 12.2. The van der Waals surface area contributed by atoms with Crippen molar-refractivity contribution in [3.63, 3.8) is 0 Å². The molecule has 1 saturated carbocycles. The SMILES string of the molecule is Cn1c(Cn2cc(C(=O)O)nn2)cc2cc(C3CC3)ccc21. The van der Waals surface area contributed by atoms with Gasteiger partial charge in [0.25, 0.3) is 0 Å². The molecule has 2 aromatic heterocycles. The van der Waals surface area contributed by atoms with E-state index in [9.17, 15) is 4.79 Å². The van der Waals surface area contributed by atoms with E-state index in [1.807, 2.05) is 7.05 Å². The van der Waals surface area contributed by atoms with Gasteiger partial charge in [0.05, 0.1) is 12.7 Å². The molecule has 4 rings (SSSR count). The summed E-state index contributed by atoms with van der Waals surface area (Å²) >= 11 is 0. The van der Waals surface area contributed by atoms with Gasteiger partial charge in [0.1, 0.15) is 0 Å². The topological polar surface area (TPSA) is 72.9 Å². The van der Waals surface area contributed by atoms with E-state index in [2.05, 4.69) is 39.1 Å². The van der Waals surface area contributed by atoms with Crippen LogP contribution in [0.5, 0.6) is 0 Å². The first kappa shape index (κ1) is 13.1. The number of aromatic carboxylic acids is 1. The minimum atomic E-state index is -1.06. The zero-order valence-electron chi connectivity index (χ0n) is 12.2. The molecule has 0 unspecified atom stereocenters. The molecule has 3 aromatic rings. The number of benzene rings is 1. The fraction of sp³-hybridized carbons (Fsp3) is 0.312. The normalized spacial score (nSPS) is 14.6. The number of aryl methyl sites for hydroxylation is 1. The van der Waals surface area contributed by atoms with E-state index in [4.69, 9.17) is 5.11 Å². The maximum Gasteiger partial charge on any atom is 0.358 e. The first-order valence-electron chi connectivity index (χ1n) is 7.33. The van der Waals surface area contributed by atoms with Crippen LogP contribution >= 0.6 is 0 Å². The minimum absolute atomic E-state index is 0.0326. The Morgan fingerprint density at radius 3 is 2.86 bits per heavy atom. The number of carboxylic acids is 1. The highest BCUT2D eigenvalue weighted by Gasteiger charge is 2.23. The summed E-state index contributed by atoms with van der Waals surface area (Å²) in [5.41, 5.74) is 3.64. The van der Waals surface area contributed by atoms with E-state index in [1.54, 1.807) is 4.68 Å². The standard InChI is InChI=1S/C16H16N4O2/c1-19-13(8-20-9-14(16(21)22)17-18-20)7-12-6-11(10-2-3-10)4-5-15(12)19/h4-7,9-10H,2-3,8H2,1H3,(H,21,22). The Morgan fingerprint density at radius 2 is 2.18 bits per heavy atom. The van der Waals surface area contributed by atoms with E-state index in [-0.39, 0.29) is 5.69 Å². The van der Waals surface area contributed by atoms with Crippen LogP contribution < -0.4 is 0 Å². The van der Waals surface area contributed by atoms with Gasteiger partial charge in [-0.25, -0.2) is 9.48 Å². The lowest BCUT2D eigenvalue weighted by molar-refractivity contribution is 0.0690. The number of hydrogen-bond donors (Lipinski definition) is 1. The van der Waals surface area contributed by atoms with Gasteiger partial charge in [-0.05, 0) is 42.5 Å². The second kappa shape index (κ2) is 4.69. The maximum atomic E-state index is 10.9. The number of carboxylic acid groups (broad SMARTS) is 1. The summed E-state index contributed by atoms with van der Waals surface area (Å²) in [7, 11) is 2.02. The lowest BCUT2D eigenvalue weighted by atomic mass is 10.1. The molecule has 2 heterocycles. The molecule has 0 amide bonds. The van der Waals surface area contributed by atoms with E-state index in [0.29, 0.717) is 6.54 Å². The summed E-state index contributed by atoms with van der Waals surface area (Å²) in [6, 6.07) is 8.78. The van der Waals surface area contributed by atoms with Crippen LogP contribution in [0.15, 0.2) is 30.5 Å². The highest BCUT2D eigenvalue weighted by Crippen LogP contribution is 2.41. The van der Waals surface area contributed by atoms with E-state index in [0.717, 1.165) is 11.6 Å². The van der Waals surface area contributed by atoms with E-state index >= 15 is 0 Å². The quantitative estimate of drug-likeness (QED) is 0.802. The zero-order chi connectivity index (χ0) is 15.3. The van der Waals surface area contributed by atoms with Gasteiger partial charge in [-0.3, -0.25) is 0 Å². The molecular weight excluding hydrogens is 280 g/mol. The van der Waals surface area contributed by atoms with Crippen molar-refractivity contribution in [2.45, 2.75) is 25.3 Å². The van der Waals surface area contributed by atoms with Gasteiger partial charge in [0, 0.05) is 23.6 Å². The van der Waals surface area contributed by atoms with Gasteiger partial charge in [-0.2, -0.15) is 0 Å². The molecule has 1 N–H and O–H groups in total. The Bertz CT molecular complexity index is 874. The highest BCUT2D eigenvalue weighted by atomic mass is 16.4. The van der Waals surface area contributed by atoms with E-state index < -0.39 is 5.97 Å². The number of hydrogen-bond acceptors (Lipinski definition) is 3. The van der Waals surface area contributed by atoms with Gasteiger partial charge in [0.2, 0.25) is 0 Å². The molecule has 6 heteroatoms. The molecule has 1 aliphatic rings. The lowest BCUT2D eigenvalue weighted by Crippen LogP contribution is -2.05. The third kappa shape index (κ3) is 2.16. The first-order valence-corrected chi connectivity index (χ1v) is 7.33. The van der Waals surface area contributed by atoms with E-state index in [1.165, 1.54) is 35.5 Å². The highest BCUT2D eigenvalue weighted by molar-refractivity contribution is 5.84. The monoisotopic (exact) mass is 296 g/mol. The number of carbonyl (C=O) groups is 1. The predicted octanol–water partition coefficient (Wildman–Crippen LogP) is 2.39. The Morgan fingerprint density at radius 1 is 1.36 bits per heavy atom. The second-order valence-electron chi connectivity index (χ2n) is 5.89. The van der Waals surface area contributed by atoms with Crippen LogP contribution in [0.25, 0.3) is 10.9 Å². The van der Waals surface area contributed by atoms with Crippen LogP contribution in [0.3, 0.4) is 0 Å². The Labute approximate surface area is 127 Å². The Balaban J connectivity index is 1.68. The first-order chi connectivity index (χ1) is 10.6. The predicted molar refractivity (Wildman–Crippen MR) is 81.0 cm³/mol. The smallest absolute Gasteiger partial charge is 0.358 e. The summed E-state index contributed by atoms with van der Waals surface area (Å²) in [6.45, 7) is 0.504. The number of fused-ring (bicyclic) bond motifs is 1. The van der Waals surface area contributed by atoms with Gasteiger partial charge < -0.3 is 9.67 Å². The molecule has 0 atom stereocenters. The van der Waals surface area contributed by atoms with Crippen molar-refractivity contribution >= 4 is 16.9 Å². The summed E-state index contributed by atoms with van der Waals surface area (Å²) in [4.78, 5) is 10.9. The fourth-order valence-electron chi connectivity index (χ4n) is 2.89. The summed E-state index contributed by atoms with van der Waals surface area (Å²) in [5, 5.41) is 17.6. The molecular formula is C16H16N4O2. The third-order valence-corrected chi connectivity index (χ3v) is 4.30. The Hall–Kier alpha value is -2.63. The summed E-state index contributed by atoms with van der Waals surface area (Å²) in [6.07, 6.45) is 4.04. The third-order valence-electron chi connectivity index (χ3n) is 4.30. The fourth-order valence-corrected chi connectivity index (χ4v) is 2.89. The molecule has 0 spiro atoms. The van der Waals surface area contributed by atoms with Gasteiger partial charge in [-0.1, -0.05) is 11.3 Å². The average molecular weight is 296 g/mol. The minimum Gasteiger partial charge on any atom is -0.476 e. The average Bonchev–Trinajstić information content (AvgIpc) is 3.17. The van der Waals surface area contributed by atoms with Gasteiger partial charge in [0.15, 0.2) is 5.69 Å². The molecule has 1 fully saturated rings. The molecule has 0 aliphatic heterocycles. The van der Waals surface area contributed by atoms with Gasteiger partial charge in [-0.15, -0.1) is 5.10 Å². The number of rotatable bonds is 4. The van der Waals surface area contributed by atoms with Crippen molar-refractivity contribution in [1.29, 1.82) is 0 Å². The molecule has 1 aliphatic carbocycles. The molecule has 6 nitrogen and oxygen atoms in total. The summed E-state index contributed by atoms with van der Waals surface area (Å²) < 4.78 is 3.67. The van der Waals surface area contributed by atoms with Crippen LogP contribution in [0.1, 0.15) is 40.5 Å². The molecule has 1 aromatic carbocycles. The van der Waals surface area contributed by atoms with Crippen molar-refractivity contribution < 1.29 is 9.90 Å².